The summed E-state index contributed by atoms with van der Waals surface area (Å²) in [7, 11) is 3.13. The van der Waals surface area contributed by atoms with Crippen LogP contribution in [0.4, 0.5) is 0 Å². The van der Waals surface area contributed by atoms with E-state index in [4.69, 9.17) is 28.4 Å². The highest BCUT2D eigenvalue weighted by molar-refractivity contribution is 6.12. The number of carbonyl (C=O) groups is 2. The van der Waals surface area contributed by atoms with E-state index < -0.39 is 18.2 Å². The lowest BCUT2D eigenvalue weighted by molar-refractivity contribution is -0.136. The molecule has 0 amide bonds. The van der Waals surface area contributed by atoms with Crippen molar-refractivity contribution in [2.75, 3.05) is 53.9 Å². The summed E-state index contributed by atoms with van der Waals surface area (Å²) in [6, 6.07) is 6.41. The van der Waals surface area contributed by atoms with Gasteiger partial charge in [-0.2, -0.15) is 0 Å². The number of methoxy groups -OCH3 is 2. The molecular formula is C29H36O9. The van der Waals surface area contributed by atoms with Crippen molar-refractivity contribution >= 4 is 11.8 Å². The van der Waals surface area contributed by atoms with Crippen molar-refractivity contribution in [1.82, 2.24) is 0 Å². The van der Waals surface area contributed by atoms with Crippen LogP contribution in [0.25, 0.3) is 0 Å². The first-order valence-corrected chi connectivity index (χ1v) is 12.2. The van der Waals surface area contributed by atoms with Crippen molar-refractivity contribution in [1.29, 1.82) is 0 Å². The van der Waals surface area contributed by atoms with E-state index in [2.05, 4.69) is 13.2 Å². The minimum absolute atomic E-state index is 0.108. The van der Waals surface area contributed by atoms with Gasteiger partial charge in [0.05, 0.1) is 25.2 Å². The van der Waals surface area contributed by atoms with Crippen LogP contribution < -0.4 is 18.9 Å². The maximum absolute atomic E-state index is 14.0. The van der Waals surface area contributed by atoms with Crippen molar-refractivity contribution in [3.05, 3.63) is 71.8 Å². The molecule has 0 radical (unpaired) electrons. The first-order valence-electron chi connectivity index (χ1n) is 12.2. The molecule has 0 aliphatic heterocycles. The van der Waals surface area contributed by atoms with Gasteiger partial charge in [0.15, 0.2) is 17.3 Å². The maximum atomic E-state index is 14.0. The SMILES string of the molecule is C=CCOc1cc(OCC=C)c(C(=O)c2ccc(OCCOC)c(OCCOC)c2)c(CC(=O)O)c1CC. The molecule has 0 atom stereocenters. The Labute approximate surface area is 223 Å². The number of carbonyl (C=O) groups excluding carboxylic acids is 1. The molecule has 38 heavy (non-hydrogen) atoms. The lowest BCUT2D eigenvalue weighted by Crippen LogP contribution is -2.16. The lowest BCUT2D eigenvalue weighted by Gasteiger charge is -2.21. The fourth-order valence-corrected chi connectivity index (χ4v) is 3.75. The predicted molar refractivity (Wildman–Crippen MR) is 143 cm³/mol. The standard InChI is InChI=1S/C29H36O9/c1-6-11-35-24-19-26(36-12-7-2)28(22(18-27(30)31)21(24)8-3)29(32)20-9-10-23(37-15-13-33-4)25(17-20)38-16-14-34-5/h6-7,9-10,17,19H,1-2,8,11-16,18H2,3-5H3,(H,30,31). The smallest absolute Gasteiger partial charge is 0.307 e. The normalized spacial score (nSPS) is 10.5. The number of hydrogen-bond donors (Lipinski definition) is 1. The molecule has 0 unspecified atom stereocenters. The van der Waals surface area contributed by atoms with Gasteiger partial charge in [-0.05, 0) is 35.7 Å². The molecular weight excluding hydrogens is 492 g/mol. The molecule has 206 valence electrons. The third kappa shape index (κ3) is 8.36. The molecule has 2 aromatic carbocycles. The Morgan fingerprint density at radius 2 is 1.39 bits per heavy atom. The fraction of sp³-hybridized carbons (Fsp3) is 0.379. The summed E-state index contributed by atoms with van der Waals surface area (Å²) in [4.78, 5) is 25.9. The zero-order valence-corrected chi connectivity index (χ0v) is 22.2. The van der Waals surface area contributed by atoms with Crippen LogP contribution in [0.2, 0.25) is 0 Å². The van der Waals surface area contributed by atoms with Gasteiger partial charge in [0.25, 0.3) is 0 Å². The van der Waals surface area contributed by atoms with Crippen molar-refractivity contribution in [3.63, 3.8) is 0 Å². The molecule has 0 fully saturated rings. The molecule has 2 rings (SSSR count). The second-order valence-corrected chi connectivity index (χ2v) is 8.00. The van der Waals surface area contributed by atoms with Gasteiger partial charge in [-0.15, -0.1) is 0 Å². The minimum Gasteiger partial charge on any atom is -0.489 e. The van der Waals surface area contributed by atoms with Crippen LogP contribution in [0.5, 0.6) is 23.0 Å². The molecule has 9 heteroatoms. The number of carboxylic acid groups (broad SMARTS) is 1. The predicted octanol–water partition coefficient (Wildman–Crippen LogP) is 4.29. The lowest BCUT2D eigenvalue weighted by atomic mass is 9.90. The van der Waals surface area contributed by atoms with Gasteiger partial charge in [0, 0.05) is 25.8 Å². The van der Waals surface area contributed by atoms with Gasteiger partial charge in [-0.3, -0.25) is 9.59 Å². The number of hydrogen-bond acceptors (Lipinski definition) is 8. The minimum atomic E-state index is -1.09. The summed E-state index contributed by atoms with van der Waals surface area (Å²) < 4.78 is 33.3. The number of benzene rings is 2. The van der Waals surface area contributed by atoms with Crippen LogP contribution in [-0.4, -0.2) is 70.7 Å². The second-order valence-electron chi connectivity index (χ2n) is 8.00. The van der Waals surface area contributed by atoms with E-state index in [1.807, 2.05) is 6.92 Å². The van der Waals surface area contributed by atoms with E-state index in [0.717, 1.165) is 0 Å². The Hall–Kier alpha value is -3.82. The molecule has 0 aliphatic rings. The molecule has 0 aliphatic carbocycles. The molecule has 0 heterocycles. The van der Waals surface area contributed by atoms with Gasteiger partial charge in [-0.1, -0.05) is 32.2 Å². The Balaban J connectivity index is 2.68. The summed E-state index contributed by atoms with van der Waals surface area (Å²) in [5.41, 5.74) is 1.36. The third-order valence-electron chi connectivity index (χ3n) is 5.39. The average molecular weight is 529 g/mol. The van der Waals surface area contributed by atoms with E-state index >= 15 is 0 Å². The van der Waals surface area contributed by atoms with E-state index in [1.165, 1.54) is 6.08 Å². The van der Waals surface area contributed by atoms with Crippen LogP contribution in [0.1, 0.15) is 34.0 Å². The first kappa shape index (κ1) is 30.4. The molecule has 0 spiro atoms. The highest BCUT2D eigenvalue weighted by atomic mass is 16.5. The average Bonchev–Trinajstić information content (AvgIpc) is 2.90. The number of ether oxygens (including phenoxy) is 6. The quantitative estimate of drug-likeness (QED) is 0.162. The van der Waals surface area contributed by atoms with Crippen molar-refractivity contribution in [3.8, 4) is 23.0 Å². The van der Waals surface area contributed by atoms with Crippen molar-refractivity contribution in [2.24, 2.45) is 0 Å². The highest BCUT2D eigenvalue weighted by Crippen LogP contribution is 2.38. The molecule has 0 aromatic heterocycles. The maximum Gasteiger partial charge on any atom is 0.307 e. The number of rotatable bonds is 19. The van der Waals surface area contributed by atoms with Crippen LogP contribution in [0, 0.1) is 0 Å². The first-order chi connectivity index (χ1) is 18.4. The molecule has 9 nitrogen and oxygen atoms in total. The Kier molecular flexibility index (Phi) is 12.9. The van der Waals surface area contributed by atoms with Crippen LogP contribution in [0.15, 0.2) is 49.6 Å². The summed E-state index contributed by atoms with van der Waals surface area (Å²) >= 11 is 0. The monoisotopic (exact) mass is 528 g/mol. The van der Waals surface area contributed by atoms with Gasteiger partial charge in [0.2, 0.25) is 0 Å². The van der Waals surface area contributed by atoms with Gasteiger partial charge in [-0.25, -0.2) is 0 Å². The third-order valence-corrected chi connectivity index (χ3v) is 5.39. The van der Waals surface area contributed by atoms with Gasteiger partial charge >= 0.3 is 5.97 Å². The summed E-state index contributed by atoms with van der Waals surface area (Å²) in [6.45, 7) is 10.8. The van der Waals surface area contributed by atoms with E-state index in [9.17, 15) is 14.7 Å². The molecule has 0 bridgehead atoms. The zero-order valence-electron chi connectivity index (χ0n) is 22.2. The summed E-state index contributed by atoms with van der Waals surface area (Å²) in [5, 5.41) is 9.72. The van der Waals surface area contributed by atoms with Gasteiger partial charge < -0.3 is 33.5 Å². The number of aliphatic carboxylic acids is 1. The number of carboxylic acids is 1. The second kappa shape index (κ2) is 16.1. The fourth-order valence-electron chi connectivity index (χ4n) is 3.75. The van der Waals surface area contributed by atoms with Crippen molar-refractivity contribution < 1.29 is 43.1 Å². The molecule has 2 aromatic rings. The highest BCUT2D eigenvalue weighted by Gasteiger charge is 2.27. The zero-order chi connectivity index (χ0) is 27.9. The largest absolute Gasteiger partial charge is 0.489 e. The summed E-state index contributed by atoms with van der Waals surface area (Å²) in [6.07, 6.45) is 3.17. The topological polar surface area (TPSA) is 110 Å². The van der Waals surface area contributed by atoms with Crippen LogP contribution >= 0.6 is 0 Å². The Bertz CT molecular complexity index is 1110. The van der Waals surface area contributed by atoms with E-state index in [1.54, 1.807) is 44.6 Å². The molecule has 1 N–H and O–H groups in total. The summed E-state index contributed by atoms with van der Waals surface area (Å²) in [5.74, 6) is -0.0977. The van der Waals surface area contributed by atoms with Crippen molar-refractivity contribution in [2.45, 2.75) is 19.8 Å². The van der Waals surface area contributed by atoms with Crippen LogP contribution in [0.3, 0.4) is 0 Å². The molecule has 0 saturated heterocycles. The van der Waals surface area contributed by atoms with Gasteiger partial charge in [0.1, 0.15) is 37.9 Å². The Morgan fingerprint density at radius 3 is 1.95 bits per heavy atom. The number of ketones is 1. The Morgan fingerprint density at radius 1 is 0.789 bits per heavy atom. The van der Waals surface area contributed by atoms with E-state index in [-0.39, 0.29) is 36.7 Å². The van der Waals surface area contributed by atoms with E-state index in [0.29, 0.717) is 54.6 Å². The van der Waals surface area contributed by atoms with Crippen LogP contribution in [-0.2, 0) is 27.1 Å². The molecule has 0 saturated carbocycles.